The highest BCUT2D eigenvalue weighted by Gasteiger charge is 2.14. The van der Waals surface area contributed by atoms with Crippen LogP contribution in [0.4, 0.5) is 5.69 Å². The molecule has 0 aromatic carbocycles. The normalized spacial score (nSPS) is 9.50. The van der Waals surface area contributed by atoms with Crippen LogP contribution in [0.1, 0.15) is 5.56 Å². The van der Waals surface area contributed by atoms with Gasteiger partial charge in [-0.15, -0.1) is 0 Å². The first kappa shape index (κ1) is 10.4. The summed E-state index contributed by atoms with van der Waals surface area (Å²) in [5, 5.41) is 10.2. The smallest absolute Gasteiger partial charge is 0.306 e. The number of hydrogen-bond acceptors (Lipinski definition) is 5. The van der Waals surface area contributed by atoms with Gasteiger partial charge in [0.15, 0.2) is 0 Å². The van der Waals surface area contributed by atoms with Gasteiger partial charge in [-0.1, -0.05) is 11.6 Å². The summed E-state index contributed by atoms with van der Waals surface area (Å²) >= 11 is 5.46. The molecule has 74 valence electrons. The lowest BCUT2D eigenvalue weighted by molar-refractivity contribution is -0.385. The van der Waals surface area contributed by atoms with E-state index in [1.165, 1.54) is 12.3 Å². The maximum absolute atomic E-state index is 10.4. The molecule has 0 radical (unpaired) electrons. The first-order chi connectivity index (χ1) is 6.65. The van der Waals surface area contributed by atoms with E-state index in [1.54, 1.807) is 0 Å². The van der Waals surface area contributed by atoms with Gasteiger partial charge in [-0.05, 0) is 0 Å². The van der Waals surface area contributed by atoms with Crippen LogP contribution in [-0.4, -0.2) is 16.4 Å². The Bertz CT molecular complexity index is 369. The molecule has 0 unspecified atom stereocenters. The van der Waals surface area contributed by atoms with Gasteiger partial charge in [0, 0.05) is 17.8 Å². The van der Waals surface area contributed by atoms with E-state index in [4.69, 9.17) is 11.6 Å². The molecule has 14 heavy (non-hydrogen) atoms. The standard InChI is InChI=1S/C7H5ClN2O4/c8-7-6(10(12)13)1-5(2-9-7)3-14-4-11/h1-2,4H,3H2. The second-order valence-electron chi connectivity index (χ2n) is 2.32. The van der Waals surface area contributed by atoms with E-state index < -0.39 is 4.92 Å². The first-order valence-corrected chi connectivity index (χ1v) is 3.87. The Balaban J connectivity index is 2.94. The van der Waals surface area contributed by atoms with Crippen molar-refractivity contribution >= 4 is 23.8 Å². The van der Waals surface area contributed by atoms with Crippen LogP contribution in [0.5, 0.6) is 0 Å². The van der Waals surface area contributed by atoms with Crippen molar-refractivity contribution in [3.63, 3.8) is 0 Å². The molecule has 1 rings (SSSR count). The summed E-state index contributed by atoms with van der Waals surface area (Å²) in [6.45, 7) is 0.189. The SMILES string of the molecule is O=COCc1cnc(Cl)c([N+](=O)[O-])c1. The van der Waals surface area contributed by atoms with Gasteiger partial charge >= 0.3 is 5.69 Å². The third-order valence-corrected chi connectivity index (χ3v) is 1.68. The van der Waals surface area contributed by atoms with E-state index in [0.717, 1.165) is 0 Å². The summed E-state index contributed by atoms with van der Waals surface area (Å²) in [5.74, 6) is 0. The molecule has 0 fully saturated rings. The minimum Gasteiger partial charge on any atom is -0.463 e. The third kappa shape index (κ3) is 2.40. The monoisotopic (exact) mass is 216 g/mol. The van der Waals surface area contributed by atoms with Crippen LogP contribution < -0.4 is 0 Å². The van der Waals surface area contributed by atoms with Gasteiger partial charge in [0.1, 0.15) is 6.61 Å². The van der Waals surface area contributed by atoms with E-state index in [1.807, 2.05) is 0 Å². The number of carbonyl (C=O) groups excluding carboxylic acids is 1. The highest BCUT2D eigenvalue weighted by molar-refractivity contribution is 6.31. The Morgan fingerprint density at radius 3 is 3.00 bits per heavy atom. The van der Waals surface area contributed by atoms with Crippen molar-refractivity contribution in [2.75, 3.05) is 0 Å². The molecule has 0 N–H and O–H groups in total. The van der Waals surface area contributed by atoms with E-state index in [-0.39, 0.29) is 23.9 Å². The van der Waals surface area contributed by atoms with E-state index in [9.17, 15) is 14.9 Å². The van der Waals surface area contributed by atoms with Crippen LogP contribution in [0.2, 0.25) is 5.15 Å². The molecule has 0 atom stereocenters. The molecule has 6 nitrogen and oxygen atoms in total. The van der Waals surface area contributed by atoms with Crippen molar-refractivity contribution in [1.29, 1.82) is 0 Å². The molecule has 1 aromatic rings. The van der Waals surface area contributed by atoms with Gasteiger partial charge in [0.25, 0.3) is 6.47 Å². The fraction of sp³-hybridized carbons (Fsp3) is 0.143. The zero-order valence-corrected chi connectivity index (χ0v) is 7.60. The summed E-state index contributed by atoms with van der Waals surface area (Å²) in [4.78, 5) is 23.2. The zero-order valence-electron chi connectivity index (χ0n) is 6.84. The topological polar surface area (TPSA) is 82.3 Å². The highest BCUT2D eigenvalue weighted by atomic mass is 35.5. The van der Waals surface area contributed by atoms with Gasteiger partial charge in [-0.25, -0.2) is 4.98 Å². The summed E-state index contributed by atoms with van der Waals surface area (Å²) in [7, 11) is 0. The van der Waals surface area contributed by atoms with E-state index in [0.29, 0.717) is 5.56 Å². The third-order valence-electron chi connectivity index (χ3n) is 1.39. The van der Waals surface area contributed by atoms with Gasteiger partial charge < -0.3 is 4.74 Å². The number of nitro groups is 1. The molecule has 0 aliphatic carbocycles. The van der Waals surface area contributed by atoms with Crippen LogP contribution >= 0.6 is 11.6 Å². The molecule has 0 bridgehead atoms. The average molecular weight is 217 g/mol. The predicted molar refractivity (Wildman–Crippen MR) is 46.8 cm³/mol. The lowest BCUT2D eigenvalue weighted by Crippen LogP contribution is -1.96. The first-order valence-electron chi connectivity index (χ1n) is 3.49. The second-order valence-corrected chi connectivity index (χ2v) is 2.68. The van der Waals surface area contributed by atoms with Crippen LogP contribution in [0.15, 0.2) is 12.3 Å². The second kappa shape index (κ2) is 4.52. The summed E-state index contributed by atoms with van der Waals surface area (Å²) in [6, 6.07) is 1.21. The van der Waals surface area contributed by atoms with Crippen LogP contribution in [0.25, 0.3) is 0 Å². The molecule has 0 aliphatic heterocycles. The zero-order chi connectivity index (χ0) is 10.6. The Hall–Kier alpha value is -1.69. The number of ether oxygens (including phenoxy) is 1. The average Bonchev–Trinajstić information content (AvgIpc) is 2.16. The van der Waals surface area contributed by atoms with E-state index in [2.05, 4.69) is 9.72 Å². The highest BCUT2D eigenvalue weighted by Crippen LogP contribution is 2.22. The Kier molecular flexibility index (Phi) is 3.35. The van der Waals surface area contributed by atoms with Crippen molar-refractivity contribution in [2.45, 2.75) is 6.61 Å². The number of halogens is 1. The molecule has 0 saturated carbocycles. The minimum absolute atomic E-state index is 0.0610. The van der Waals surface area contributed by atoms with Crippen LogP contribution in [-0.2, 0) is 16.1 Å². The summed E-state index contributed by atoms with van der Waals surface area (Å²) < 4.78 is 4.41. The van der Waals surface area contributed by atoms with Gasteiger partial charge in [0.05, 0.1) is 4.92 Å². The number of rotatable bonds is 4. The van der Waals surface area contributed by atoms with Crippen LogP contribution in [0.3, 0.4) is 0 Å². The largest absolute Gasteiger partial charge is 0.463 e. The lowest BCUT2D eigenvalue weighted by Gasteiger charge is -1.99. The van der Waals surface area contributed by atoms with Gasteiger partial charge in [-0.2, -0.15) is 0 Å². The van der Waals surface area contributed by atoms with Crippen LogP contribution in [0, 0.1) is 10.1 Å². The van der Waals surface area contributed by atoms with Crippen molar-refractivity contribution in [3.8, 4) is 0 Å². The van der Waals surface area contributed by atoms with Gasteiger partial charge in [-0.3, -0.25) is 14.9 Å². The number of hydrogen-bond donors (Lipinski definition) is 0. The fourth-order valence-electron chi connectivity index (χ4n) is 0.815. The summed E-state index contributed by atoms with van der Waals surface area (Å²) in [6.07, 6.45) is 1.30. The van der Waals surface area contributed by atoms with Gasteiger partial charge in [0.2, 0.25) is 5.15 Å². The number of nitrogens with zero attached hydrogens (tertiary/aromatic N) is 2. The Labute approximate surface area is 83.6 Å². The van der Waals surface area contributed by atoms with E-state index >= 15 is 0 Å². The van der Waals surface area contributed by atoms with Crippen molar-refractivity contribution in [3.05, 3.63) is 33.1 Å². The van der Waals surface area contributed by atoms with Crippen molar-refractivity contribution < 1.29 is 14.5 Å². The molecular weight excluding hydrogens is 212 g/mol. The van der Waals surface area contributed by atoms with Crippen molar-refractivity contribution in [2.24, 2.45) is 0 Å². The maximum atomic E-state index is 10.4. The Morgan fingerprint density at radius 2 is 2.43 bits per heavy atom. The molecule has 0 saturated heterocycles. The molecule has 7 heteroatoms. The summed E-state index contributed by atoms with van der Waals surface area (Å²) in [5.41, 5.74) is 0.104. The fourth-order valence-corrected chi connectivity index (χ4v) is 0.988. The molecule has 0 spiro atoms. The lowest BCUT2D eigenvalue weighted by atomic mass is 10.3. The number of carbonyl (C=O) groups is 1. The number of aromatic nitrogens is 1. The number of pyridine rings is 1. The Morgan fingerprint density at radius 1 is 1.71 bits per heavy atom. The minimum atomic E-state index is -0.653. The molecule has 1 aromatic heterocycles. The maximum Gasteiger partial charge on any atom is 0.306 e. The molecule has 0 aliphatic rings. The van der Waals surface area contributed by atoms with Crippen molar-refractivity contribution in [1.82, 2.24) is 4.98 Å². The predicted octanol–water partition coefficient (Wildman–Crippen LogP) is 1.32. The molecular formula is C7H5ClN2O4. The quantitative estimate of drug-likeness (QED) is 0.328. The molecule has 1 heterocycles. The molecule has 0 amide bonds.